The molecule has 4 atom stereocenters. The van der Waals surface area contributed by atoms with E-state index in [1.165, 1.54) is 31.2 Å². The Bertz CT molecular complexity index is 896. The first kappa shape index (κ1) is 23.7. The maximum Gasteiger partial charge on any atom is 0.265 e. The van der Waals surface area contributed by atoms with Gasteiger partial charge < -0.3 is 4.74 Å². The minimum atomic E-state index is -0.0492. The molecule has 1 saturated carbocycles. The molecule has 2 aromatic rings. The van der Waals surface area contributed by atoms with E-state index in [-0.39, 0.29) is 5.91 Å². The van der Waals surface area contributed by atoms with Gasteiger partial charge in [-0.05, 0) is 80.4 Å². The van der Waals surface area contributed by atoms with E-state index in [1.807, 2.05) is 36.4 Å². The Kier molecular flexibility index (Phi) is 8.73. The molecule has 4 nitrogen and oxygen atoms in total. The predicted octanol–water partition coefficient (Wildman–Crippen LogP) is 6.06. The van der Waals surface area contributed by atoms with Crippen molar-refractivity contribution in [2.24, 2.45) is 17.8 Å². The molecule has 1 fully saturated rings. The summed E-state index contributed by atoms with van der Waals surface area (Å²) in [4.78, 5) is 12.5. The summed E-state index contributed by atoms with van der Waals surface area (Å²) in [6.45, 7) is 3.89. The molecule has 2 N–H and O–H groups in total. The van der Waals surface area contributed by atoms with E-state index in [0.29, 0.717) is 36.0 Å². The van der Waals surface area contributed by atoms with Crippen LogP contribution in [0.2, 0.25) is 0 Å². The fraction of sp³-hybridized carbons (Fsp3) is 0.483. The summed E-state index contributed by atoms with van der Waals surface area (Å²) in [5.74, 6) is 1.96. The van der Waals surface area contributed by atoms with E-state index >= 15 is 0 Å². The summed E-state index contributed by atoms with van der Waals surface area (Å²) < 4.78 is 5.84. The molecule has 2 aliphatic carbocycles. The van der Waals surface area contributed by atoms with Gasteiger partial charge in [0.2, 0.25) is 0 Å². The van der Waals surface area contributed by atoms with Crippen LogP contribution >= 0.6 is 0 Å². The second-order valence-corrected chi connectivity index (χ2v) is 9.87. The van der Waals surface area contributed by atoms with Crippen LogP contribution in [0.15, 0.2) is 72.3 Å². The first-order valence-electron chi connectivity index (χ1n) is 12.6. The van der Waals surface area contributed by atoms with Crippen LogP contribution < -0.4 is 10.9 Å². The Labute approximate surface area is 198 Å². The number of amides is 1. The summed E-state index contributed by atoms with van der Waals surface area (Å²) in [5.41, 5.74) is 9.94. The second kappa shape index (κ2) is 12.2. The topological polar surface area (TPSA) is 50.4 Å². The third kappa shape index (κ3) is 7.02. The molecule has 4 rings (SSSR count). The van der Waals surface area contributed by atoms with Crippen LogP contribution in [-0.4, -0.2) is 18.6 Å². The largest absolute Gasteiger partial charge is 0.377 e. The number of fused-ring (bicyclic) bond motifs is 1. The number of hydrazine groups is 1. The van der Waals surface area contributed by atoms with Gasteiger partial charge in [-0.3, -0.25) is 10.2 Å². The van der Waals surface area contributed by atoms with E-state index in [9.17, 15) is 4.79 Å². The minimum absolute atomic E-state index is 0.0492. The summed E-state index contributed by atoms with van der Waals surface area (Å²) >= 11 is 0. The van der Waals surface area contributed by atoms with Crippen molar-refractivity contribution in [1.82, 2.24) is 10.9 Å². The lowest BCUT2D eigenvalue weighted by atomic mass is 9.65. The lowest BCUT2D eigenvalue weighted by molar-refractivity contribution is 0.0844. The normalized spacial score (nSPS) is 24.6. The molecule has 0 bridgehead atoms. The molecule has 1 amide bonds. The van der Waals surface area contributed by atoms with Gasteiger partial charge in [0.25, 0.3) is 5.91 Å². The minimum Gasteiger partial charge on any atom is -0.377 e. The number of unbranched alkanes of at least 4 members (excludes halogenated alkanes) is 1. The summed E-state index contributed by atoms with van der Waals surface area (Å²) in [5, 5.41) is 0. The van der Waals surface area contributed by atoms with Gasteiger partial charge in [0, 0.05) is 18.2 Å². The van der Waals surface area contributed by atoms with Crippen molar-refractivity contribution in [3.8, 4) is 0 Å². The van der Waals surface area contributed by atoms with Crippen LogP contribution in [0.25, 0.3) is 0 Å². The first-order valence-corrected chi connectivity index (χ1v) is 12.6. The smallest absolute Gasteiger partial charge is 0.265 e. The van der Waals surface area contributed by atoms with Gasteiger partial charge in [0.05, 0.1) is 6.61 Å². The molecule has 4 heteroatoms. The number of benzene rings is 2. The van der Waals surface area contributed by atoms with Crippen LogP contribution in [0.3, 0.4) is 0 Å². The molecule has 2 aliphatic rings. The number of carbonyl (C=O) groups is 1. The van der Waals surface area contributed by atoms with Gasteiger partial charge in [0.1, 0.15) is 0 Å². The van der Waals surface area contributed by atoms with Crippen LogP contribution in [0, 0.1) is 17.8 Å². The van der Waals surface area contributed by atoms with E-state index < -0.39 is 0 Å². The second-order valence-electron chi connectivity index (χ2n) is 9.87. The number of rotatable bonds is 10. The maximum absolute atomic E-state index is 12.5. The predicted molar refractivity (Wildman–Crippen MR) is 133 cm³/mol. The van der Waals surface area contributed by atoms with E-state index in [2.05, 4.69) is 48.1 Å². The monoisotopic (exact) mass is 446 g/mol. The van der Waals surface area contributed by atoms with Gasteiger partial charge in [-0.1, -0.05) is 67.1 Å². The molecule has 176 valence electrons. The van der Waals surface area contributed by atoms with Crippen molar-refractivity contribution in [2.45, 2.75) is 64.5 Å². The van der Waals surface area contributed by atoms with E-state index in [0.717, 1.165) is 25.9 Å². The Morgan fingerprint density at radius 1 is 1.00 bits per heavy atom. The van der Waals surface area contributed by atoms with Crippen LogP contribution in [0.4, 0.5) is 0 Å². The Balaban J connectivity index is 1.19. The third-order valence-electron chi connectivity index (χ3n) is 7.24. The molecule has 0 heterocycles. The highest BCUT2D eigenvalue weighted by Crippen LogP contribution is 2.43. The van der Waals surface area contributed by atoms with Crippen molar-refractivity contribution >= 4 is 5.91 Å². The van der Waals surface area contributed by atoms with Crippen molar-refractivity contribution in [3.05, 3.63) is 83.4 Å². The Morgan fingerprint density at radius 2 is 1.76 bits per heavy atom. The van der Waals surface area contributed by atoms with Crippen molar-refractivity contribution in [2.75, 3.05) is 6.61 Å². The van der Waals surface area contributed by atoms with Gasteiger partial charge in [-0.2, -0.15) is 0 Å². The SMILES string of the molecule is C[C@@H]1C[C@H]2CC(CCCCOCc3ccccc3)=CC[C@H]2[C@@H](NNC(=O)c2ccccc2)C1. The van der Waals surface area contributed by atoms with E-state index in [4.69, 9.17) is 4.74 Å². The fourth-order valence-electron chi connectivity index (χ4n) is 5.55. The van der Waals surface area contributed by atoms with Crippen LogP contribution in [0.1, 0.15) is 67.8 Å². The molecule has 0 spiro atoms. The van der Waals surface area contributed by atoms with Gasteiger partial charge in [0.15, 0.2) is 0 Å². The zero-order valence-electron chi connectivity index (χ0n) is 19.8. The highest BCUT2D eigenvalue weighted by Gasteiger charge is 2.37. The summed E-state index contributed by atoms with van der Waals surface area (Å²) in [7, 11) is 0. The average Bonchev–Trinajstić information content (AvgIpc) is 2.85. The van der Waals surface area contributed by atoms with Gasteiger partial charge in [-0.15, -0.1) is 0 Å². The van der Waals surface area contributed by atoms with Gasteiger partial charge in [-0.25, -0.2) is 5.43 Å². The molecule has 0 aliphatic heterocycles. The Hall–Kier alpha value is -2.43. The van der Waals surface area contributed by atoms with E-state index in [1.54, 1.807) is 5.57 Å². The third-order valence-corrected chi connectivity index (χ3v) is 7.24. The fourth-order valence-corrected chi connectivity index (χ4v) is 5.55. The molecule has 0 saturated heterocycles. The van der Waals surface area contributed by atoms with Crippen LogP contribution in [0.5, 0.6) is 0 Å². The summed E-state index contributed by atoms with van der Waals surface area (Å²) in [6, 6.07) is 20.2. The number of hydrogen-bond acceptors (Lipinski definition) is 3. The zero-order valence-corrected chi connectivity index (χ0v) is 19.8. The molecule has 2 aromatic carbocycles. The Morgan fingerprint density at radius 3 is 2.55 bits per heavy atom. The number of allylic oxidation sites excluding steroid dienone is 2. The van der Waals surface area contributed by atoms with Crippen molar-refractivity contribution in [3.63, 3.8) is 0 Å². The highest BCUT2D eigenvalue weighted by molar-refractivity contribution is 5.93. The lowest BCUT2D eigenvalue weighted by Gasteiger charge is -2.44. The summed E-state index contributed by atoms with van der Waals surface area (Å²) in [6.07, 6.45) is 10.7. The quantitative estimate of drug-likeness (QED) is 0.265. The zero-order chi connectivity index (χ0) is 22.9. The molecule has 0 aromatic heterocycles. The number of hydrogen-bond donors (Lipinski definition) is 2. The molecule has 0 unspecified atom stereocenters. The standard InChI is InChI=1S/C29H38N2O2/c1-22-18-26-20-23(10-8-9-17-33-21-24-11-4-2-5-12-24)15-16-27(26)28(19-22)30-31-29(32)25-13-6-3-7-14-25/h2-7,11-15,22,26-28,30H,8-10,16-21H2,1H3,(H,31,32)/t22-,26+,27-,28+/m1/s1. The lowest BCUT2D eigenvalue weighted by Crippen LogP contribution is -2.52. The maximum atomic E-state index is 12.5. The number of ether oxygens (including phenoxy) is 1. The molecular weight excluding hydrogens is 408 g/mol. The molecule has 33 heavy (non-hydrogen) atoms. The van der Waals surface area contributed by atoms with Crippen molar-refractivity contribution < 1.29 is 9.53 Å². The molecule has 0 radical (unpaired) electrons. The molecular formula is C29H38N2O2. The first-order chi connectivity index (χ1) is 16.2. The number of carbonyl (C=O) groups excluding carboxylic acids is 1. The number of nitrogens with one attached hydrogen (secondary N) is 2. The van der Waals surface area contributed by atoms with Crippen molar-refractivity contribution in [1.29, 1.82) is 0 Å². The van der Waals surface area contributed by atoms with Crippen LogP contribution in [-0.2, 0) is 11.3 Å². The van der Waals surface area contributed by atoms with Gasteiger partial charge >= 0.3 is 0 Å². The average molecular weight is 447 g/mol. The highest BCUT2D eigenvalue weighted by atomic mass is 16.5.